The highest BCUT2D eigenvalue weighted by Gasteiger charge is 2.16. The largest absolute Gasteiger partial charge is 0.504 e. The van der Waals surface area contributed by atoms with E-state index in [0.29, 0.717) is 25.4 Å². The molecule has 0 bridgehead atoms. The van der Waals surface area contributed by atoms with Crippen LogP contribution in [0.4, 0.5) is 0 Å². The molecule has 1 aliphatic rings. The van der Waals surface area contributed by atoms with Crippen LogP contribution in [0.3, 0.4) is 0 Å². The molecule has 0 unspecified atom stereocenters. The third-order valence-corrected chi connectivity index (χ3v) is 3.68. The van der Waals surface area contributed by atoms with E-state index in [2.05, 4.69) is 5.32 Å². The number of nitrogens with zero attached hydrogens (tertiary/aromatic N) is 1. The Morgan fingerprint density at radius 1 is 1.33 bits per heavy atom. The minimum Gasteiger partial charge on any atom is -0.504 e. The predicted octanol–water partition coefficient (Wildman–Crippen LogP) is 1.89. The first-order chi connectivity index (χ1) is 10.2. The number of piperidine rings is 1. The predicted molar refractivity (Wildman–Crippen MR) is 81.4 cm³/mol. The van der Waals surface area contributed by atoms with Crippen molar-refractivity contribution in [3.05, 3.63) is 23.8 Å². The molecule has 2 rings (SSSR count). The zero-order valence-corrected chi connectivity index (χ0v) is 12.6. The summed E-state index contributed by atoms with van der Waals surface area (Å²) in [6.45, 7) is 4.88. The van der Waals surface area contributed by atoms with E-state index in [9.17, 15) is 9.90 Å². The molecule has 5 nitrogen and oxygen atoms in total. The number of phenolic OH excluding ortho intramolecular Hbond substituents is 1. The van der Waals surface area contributed by atoms with Crippen LogP contribution in [-0.2, 0) is 11.3 Å². The number of nitrogens with one attached hydrogen (secondary N) is 1. The van der Waals surface area contributed by atoms with Crippen LogP contribution in [0.1, 0.15) is 31.7 Å². The summed E-state index contributed by atoms with van der Waals surface area (Å²) in [6, 6.07) is 5.41. The molecule has 1 aliphatic heterocycles. The molecule has 2 N–H and O–H groups in total. The Morgan fingerprint density at radius 2 is 2.10 bits per heavy atom. The molecular formula is C16H24N2O3. The Hall–Kier alpha value is -1.75. The highest BCUT2D eigenvalue weighted by molar-refractivity contribution is 5.78. The number of aromatic hydroxyl groups is 1. The smallest absolute Gasteiger partial charge is 0.236 e. The van der Waals surface area contributed by atoms with Crippen LogP contribution in [0.5, 0.6) is 11.5 Å². The maximum atomic E-state index is 12.0. The van der Waals surface area contributed by atoms with E-state index < -0.39 is 0 Å². The van der Waals surface area contributed by atoms with Crippen LogP contribution in [-0.4, -0.2) is 42.2 Å². The molecule has 1 aromatic rings. The number of para-hydroxylation sites is 1. The van der Waals surface area contributed by atoms with Gasteiger partial charge in [0, 0.05) is 25.2 Å². The summed E-state index contributed by atoms with van der Waals surface area (Å²) >= 11 is 0. The topological polar surface area (TPSA) is 61.8 Å². The standard InChI is InChI=1S/C16H24N2O3/c1-2-21-14-8-6-7-13(16(14)20)11-17-12-15(19)18-9-4-3-5-10-18/h6-8,17,20H,2-5,9-12H2,1H3. The molecule has 1 fully saturated rings. The number of amides is 1. The lowest BCUT2D eigenvalue weighted by Crippen LogP contribution is -2.40. The summed E-state index contributed by atoms with van der Waals surface area (Å²) in [7, 11) is 0. The number of likely N-dealkylation sites (tertiary alicyclic amines) is 1. The van der Waals surface area contributed by atoms with E-state index in [1.165, 1.54) is 6.42 Å². The van der Waals surface area contributed by atoms with Gasteiger partial charge in [0.1, 0.15) is 0 Å². The number of hydrogen-bond acceptors (Lipinski definition) is 4. The first-order valence-electron chi connectivity index (χ1n) is 7.64. The summed E-state index contributed by atoms with van der Waals surface area (Å²) in [6.07, 6.45) is 3.42. The van der Waals surface area contributed by atoms with Crippen molar-refractivity contribution in [1.29, 1.82) is 0 Å². The monoisotopic (exact) mass is 292 g/mol. The van der Waals surface area contributed by atoms with Crippen LogP contribution in [0.2, 0.25) is 0 Å². The van der Waals surface area contributed by atoms with Gasteiger partial charge in [-0.05, 0) is 32.3 Å². The molecule has 0 atom stereocenters. The number of benzene rings is 1. The maximum Gasteiger partial charge on any atom is 0.236 e. The zero-order chi connectivity index (χ0) is 15.1. The van der Waals surface area contributed by atoms with Gasteiger partial charge in [-0.15, -0.1) is 0 Å². The number of rotatable bonds is 6. The molecule has 1 aromatic carbocycles. The second-order valence-corrected chi connectivity index (χ2v) is 5.24. The van der Waals surface area contributed by atoms with Gasteiger partial charge < -0.3 is 20.1 Å². The number of carbonyl (C=O) groups excluding carboxylic acids is 1. The average molecular weight is 292 g/mol. The first-order valence-corrected chi connectivity index (χ1v) is 7.64. The van der Waals surface area contributed by atoms with Gasteiger partial charge in [0.25, 0.3) is 0 Å². The summed E-state index contributed by atoms with van der Waals surface area (Å²) < 4.78 is 5.35. The number of phenols is 1. The van der Waals surface area contributed by atoms with E-state index in [-0.39, 0.29) is 11.7 Å². The third kappa shape index (κ3) is 4.36. The fourth-order valence-corrected chi connectivity index (χ4v) is 2.54. The van der Waals surface area contributed by atoms with Crippen molar-refractivity contribution in [3.63, 3.8) is 0 Å². The van der Waals surface area contributed by atoms with Crippen LogP contribution in [0, 0.1) is 0 Å². The molecular weight excluding hydrogens is 268 g/mol. The number of hydrogen-bond donors (Lipinski definition) is 2. The Balaban J connectivity index is 1.82. The van der Waals surface area contributed by atoms with Crippen molar-refractivity contribution in [3.8, 4) is 11.5 Å². The van der Waals surface area contributed by atoms with Crippen molar-refractivity contribution in [2.24, 2.45) is 0 Å². The van der Waals surface area contributed by atoms with Crippen molar-refractivity contribution in [1.82, 2.24) is 10.2 Å². The molecule has 0 radical (unpaired) electrons. The van der Waals surface area contributed by atoms with Crippen LogP contribution in [0.15, 0.2) is 18.2 Å². The molecule has 0 aliphatic carbocycles. The highest BCUT2D eigenvalue weighted by atomic mass is 16.5. The second-order valence-electron chi connectivity index (χ2n) is 5.24. The molecule has 5 heteroatoms. The van der Waals surface area contributed by atoms with Crippen LogP contribution < -0.4 is 10.1 Å². The Labute approximate surface area is 125 Å². The minimum atomic E-state index is 0.134. The van der Waals surface area contributed by atoms with Gasteiger partial charge in [-0.3, -0.25) is 4.79 Å². The number of carbonyl (C=O) groups is 1. The minimum absolute atomic E-state index is 0.134. The molecule has 1 heterocycles. The molecule has 0 spiro atoms. The van der Waals surface area contributed by atoms with Crippen LogP contribution >= 0.6 is 0 Å². The third-order valence-electron chi connectivity index (χ3n) is 3.68. The summed E-state index contributed by atoms with van der Waals surface area (Å²) in [5.41, 5.74) is 0.743. The fraction of sp³-hybridized carbons (Fsp3) is 0.562. The molecule has 0 saturated carbocycles. The van der Waals surface area contributed by atoms with Gasteiger partial charge in [0.05, 0.1) is 13.2 Å². The van der Waals surface area contributed by atoms with Crippen molar-refractivity contribution in [2.45, 2.75) is 32.7 Å². The van der Waals surface area contributed by atoms with E-state index in [4.69, 9.17) is 4.74 Å². The second kappa shape index (κ2) is 7.88. The Bertz CT molecular complexity index is 471. The molecule has 116 valence electrons. The van der Waals surface area contributed by atoms with Crippen LogP contribution in [0.25, 0.3) is 0 Å². The summed E-state index contributed by atoms with van der Waals surface area (Å²) in [5, 5.41) is 13.2. The van der Waals surface area contributed by atoms with Gasteiger partial charge in [-0.2, -0.15) is 0 Å². The Kier molecular flexibility index (Phi) is 5.87. The quantitative estimate of drug-likeness (QED) is 0.840. The lowest BCUT2D eigenvalue weighted by atomic mass is 10.1. The van der Waals surface area contributed by atoms with Gasteiger partial charge >= 0.3 is 0 Å². The fourth-order valence-electron chi connectivity index (χ4n) is 2.54. The van der Waals surface area contributed by atoms with Gasteiger partial charge in [0.2, 0.25) is 5.91 Å². The van der Waals surface area contributed by atoms with E-state index in [1.54, 1.807) is 6.07 Å². The summed E-state index contributed by atoms with van der Waals surface area (Å²) in [4.78, 5) is 13.9. The Morgan fingerprint density at radius 3 is 2.81 bits per heavy atom. The van der Waals surface area contributed by atoms with E-state index in [0.717, 1.165) is 31.5 Å². The van der Waals surface area contributed by atoms with E-state index in [1.807, 2.05) is 24.0 Å². The zero-order valence-electron chi connectivity index (χ0n) is 12.6. The normalized spacial score (nSPS) is 15.0. The summed E-state index contributed by atoms with van der Waals surface area (Å²) in [5.74, 6) is 0.770. The molecule has 21 heavy (non-hydrogen) atoms. The van der Waals surface area contributed by atoms with Gasteiger partial charge in [0.15, 0.2) is 11.5 Å². The lowest BCUT2D eigenvalue weighted by molar-refractivity contribution is -0.131. The molecule has 0 aromatic heterocycles. The van der Waals surface area contributed by atoms with Gasteiger partial charge in [-0.1, -0.05) is 12.1 Å². The van der Waals surface area contributed by atoms with E-state index >= 15 is 0 Å². The first kappa shape index (κ1) is 15.6. The van der Waals surface area contributed by atoms with Gasteiger partial charge in [-0.25, -0.2) is 0 Å². The molecule has 1 amide bonds. The average Bonchev–Trinajstić information content (AvgIpc) is 2.52. The van der Waals surface area contributed by atoms with Crippen molar-refractivity contribution >= 4 is 5.91 Å². The SMILES string of the molecule is CCOc1cccc(CNCC(=O)N2CCCCC2)c1O. The number of ether oxygens (including phenoxy) is 1. The van der Waals surface area contributed by atoms with Crippen molar-refractivity contribution < 1.29 is 14.6 Å². The lowest BCUT2D eigenvalue weighted by Gasteiger charge is -2.26. The van der Waals surface area contributed by atoms with Crippen molar-refractivity contribution in [2.75, 3.05) is 26.2 Å². The highest BCUT2D eigenvalue weighted by Crippen LogP contribution is 2.29. The molecule has 1 saturated heterocycles. The maximum absolute atomic E-state index is 12.0.